The molecule has 4 aromatic carbocycles. The molecule has 6 fully saturated rings. The Morgan fingerprint density at radius 2 is 0.971 bits per heavy atom. The van der Waals surface area contributed by atoms with Gasteiger partial charge in [0.15, 0.2) is 0 Å². The van der Waals surface area contributed by atoms with Crippen molar-refractivity contribution < 1.29 is 38.1 Å². The van der Waals surface area contributed by atoms with Crippen molar-refractivity contribution in [2.75, 3.05) is 40.6 Å². The number of H-pyrrole nitrogens is 2. The summed E-state index contributed by atoms with van der Waals surface area (Å²) in [5, 5.41) is 7.98. The van der Waals surface area contributed by atoms with Gasteiger partial charge < -0.3 is 49.3 Å². The molecule has 4 saturated heterocycles. The molecule has 68 heavy (non-hydrogen) atoms. The lowest BCUT2D eigenvalue weighted by molar-refractivity contribution is -0.138. The Kier molecular flexibility index (Phi) is 10.8. The Bertz CT molecular complexity index is 2760. The molecule has 0 radical (unpaired) electrons. The number of imidazole rings is 2. The minimum Gasteiger partial charge on any atom is -0.453 e. The number of nitrogens with zero attached hydrogens (tertiary/aromatic N) is 4. The maximum Gasteiger partial charge on any atom is 0.407 e. The zero-order chi connectivity index (χ0) is 46.2. The molecular weight excluding hydrogens is 865 g/mol. The highest BCUT2D eigenvalue weighted by molar-refractivity contribution is 5.94. The molecule has 2 aliphatic carbocycles. The fourth-order valence-corrected chi connectivity index (χ4v) is 11.9. The number of methoxy groups -OCH3 is 2. The van der Waals surface area contributed by atoms with Gasteiger partial charge >= 0.3 is 12.2 Å². The summed E-state index contributed by atoms with van der Waals surface area (Å²) in [6, 6.07) is 24.1. The van der Waals surface area contributed by atoms with Crippen LogP contribution in [0.4, 0.5) is 9.59 Å². The Morgan fingerprint density at radius 1 is 0.574 bits per heavy atom. The molecular formula is C52H56N8O8. The van der Waals surface area contributed by atoms with Crippen LogP contribution < -0.4 is 10.6 Å². The number of aromatic amines is 2. The normalized spacial score (nSPS) is 25.5. The molecule has 4 N–H and O–H groups in total. The first-order valence-corrected chi connectivity index (χ1v) is 24.2. The number of hydrogen-bond acceptors (Lipinski definition) is 10. The molecule has 6 aromatic rings. The first-order valence-electron chi connectivity index (χ1n) is 24.2. The van der Waals surface area contributed by atoms with E-state index in [4.69, 9.17) is 28.9 Å². The van der Waals surface area contributed by atoms with Crippen molar-refractivity contribution in [1.82, 2.24) is 40.4 Å². The molecule has 0 spiro atoms. The van der Waals surface area contributed by atoms with Crippen LogP contribution in [0.2, 0.25) is 0 Å². The number of ether oxygens (including phenoxy) is 4. The number of alkyl carbamates (subject to hydrolysis) is 2. The van der Waals surface area contributed by atoms with Crippen LogP contribution in [0.1, 0.15) is 75.1 Å². The van der Waals surface area contributed by atoms with Gasteiger partial charge in [-0.1, -0.05) is 36.4 Å². The minimum absolute atomic E-state index is 0.0254. The summed E-state index contributed by atoms with van der Waals surface area (Å²) in [5.74, 6) is 2.21. The highest BCUT2D eigenvalue weighted by Gasteiger charge is 2.58. The number of amides is 4. The number of fused-ring (bicyclic) bond motifs is 5. The van der Waals surface area contributed by atoms with Gasteiger partial charge in [0.25, 0.3) is 0 Å². The molecule has 0 bridgehead atoms. The number of hydrogen-bond donors (Lipinski definition) is 4. The molecule has 6 heterocycles. The number of nitrogens with one attached hydrogen (secondary N) is 4. The topological polar surface area (TPSA) is 193 Å². The van der Waals surface area contributed by atoms with E-state index >= 15 is 0 Å². The van der Waals surface area contributed by atoms with Crippen LogP contribution in [0, 0.1) is 23.7 Å². The maximum atomic E-state index is 14.3. The number of aromatic nitrogens is 4. The molecule has 1 unspecified atom stereocenters. The second-order valence-corrected chi connectivity index (χ2v) is 19.7. The summed E-state index contributed by atoms with van der Waals surface area (Å²) in [5.41, 5.74) is 7.78. The van der Waals surface area contributed by atoms with Gasteiger partial charge in [-0.2, -0.15) is 0 Å². The van der Waals surface area contributed by atoms with Gasteiger partial charge in [0.2, 0.25) is 11.8 Å². The minimum atomic E-state index is -0.679. The third-order valence-corrected chi connectivity index (χ3v) is 15.8. The van der Waals surface area contributed by atoms with Crippen LogP contribution in [0.5, 0.6) is 0 Å². The molecule has 16 nitrogen and oxygen atoms in total. The molecule has 2 saturated carbocycles. The number of carbonyl (C=O) groups is 4. The summed E-state index contributed by atoms with van der Waals surface area (Å²) in [6.07, 6.45) is 5.22. The standard InChI is InChI=1S/C52H56N8O8/c1-65-51(63)57-45(27-11-15-67-16-12-27)49(61)59-41-23-35(41)25-43(59)47-53-37-9-7-33(21-39(37)55-47)31-5-3-30-20-32(6-4-29(30)19-31)34-8-10-38-40(22-34)56-48(54-38)44-26-36-24-42(36)60(44)50(62)46(58-52(64)66-2)28-13-17-68-18-14-28/h3-10,19-22,27-28,35-36,41-46H,11-18,23-26H2,1-2H3,(H,53,55)(H,54,56)(H,57,63)(H,58,64)/t35-,36-,41-,42-,43+,44?,45+,46+/m1/s1. The number of piperidine rings is 2. The van der Waals surface area contributed by atoms with Crippen molar-refractivity contribution in [2.45, 2.75) is 87.6 Å². The van der Waals surface area contributed by atoms with E-state index < -0.39 is 24.3 Å². The lowest BCUT2D eigenvalue weighted by atomic mass is 9.90. The maximum absolute atomic E-state index is 14.3. The third kappa shape index (κ3) is 7.80. The summed E-state index contributed by atoms with van der Waals surface area (Å²) >= 11 is 0. The van der Waals surface area contributed by atoms with Crippen LogP contribution in [0.3, 0.4) is 0 Å². The summed E-state index contributed by atoms with van der Waals surface area (Å²) in [7, 11) is 2.65. The van der Waals surface area contributed by atoms with E-state index in [9.17, 15) is 19.2 Å². The highest BCUT2D eigenvalue weighted by Crippen LogP contribution is 2.55. The number of benzene rings is 4. The zero-order valence-corrected chi connectivity index (χ0v) is 38.2. The van der Waals surface area contributed by atoms with Gasteiger partial charge in [-0.05, 0) is 144 Å². The first kappa shape index (κ1) is 42.8. The van der Waals surface area contributed by atoms with Crippen LogP contribution >= 0.6 is 0 Å². The van der Waals surface area contributed by atoms with Crippen molar-refractivity contribution >= 4 is 56.8 Å². The van der Waals surface area contributed by atoms with Crippen molar-refractivity contribution in [3.05, 3.63) is 84.4 Å². The second kappa shape index (κ2) is 17.2. The van der Waals surface area contributed by atoms with E-state index in [0.29, 0.717) is 63.9 Å². The predicted octanol–water partition coefficient (Wildman–Crippen LogP) is 7.55. The van der Waals surface area contributed by atoms with Gasteiger partial charge in [0, 0.05) is 38.5 Å². The lowest BCUT2D eigenvalue weighted by Crippen LogP contribution is -2.54. The molecule has 352 valence electrons. The average molecular weight is 921 g/mol. The molecule has 6 aliphatic rings. The summed E-state index contributed by atoms with van der Waals surface area (Å²) in [6.45, 7) is 2.26. The van der Waals surface area contributed by atoms with E-state index in [0.717, 1.165) is 92.4 Å². The van der Waals surface area contributed by atoms with Crippen LogP contribution in [0.25, 0.3) is 55.1 Å². The number of carbonyl (C=O) groups excluding carboxylic acids is 4. The summed E-state index contributed by atoms with van der Waals surface area (Å²) in [4.78, 5) is 74.8. The van der Waals surface area contributed by atoms with Crippen molar-refractivity contribution in [1.29, 1.82) is 0 Å². The van der Waals surface area contributed by atoms with Gasteiger partial charge in [-0.25, -0.2) is 19.6 Å². The zero-order valence-electron chi connectivity index (χ0n) is 38.2. The molecule has 4 amide bonds. The van der Waals surface area contributed by atoms with E-state index in [-0.39, 0.29) is 47.8 Å². The van der Waals surface area contributed by atoms with Gasteiger partial charge in [-0.3, -0.25) is 9.59 Å². The molecule has 8 atom stereocenters. The molecule has 12 rings (SSSR count). The third-order valence-electron chi connectivity index (χ3n) is 15.8. The van der Waals surface area contributed by atoms with Crippen LogP contribution in [0.15, 0.2) is 72.8 Å². The fraction of sp³-hybridized carbons (Fsp3) is 0.462. The SMILES string of the molecule is COC(=O)N[C@H](C(=O)N1C(c2nc3ccc(-c4ccc5cc(-c6ccc7nc([C@@H]8C[C@H]9C[C@H]9N8C(=O)[C@@H](NC(=O)OC)C8CCOCC8)[nH]c7c6)ccc5c4)cc3[nH]2)C[C@H]2C[C@H]21)C1CCOCC1. The quantitative estimate of drug-likeness (QED) is 0.107. The predicted molar refractivity (Wildman–Crippen MR) is 252 cm³/mol. The van der Waals surface area contributed by atoms with Crippen molar-refractivity contribution in [2.24, 2.45) is 23.7 Å². The Labute approximate surface area is 392 Å². The highest BCUT2D eigenvalue weighted by atomic mass is 16.5. The smallest absolute Gasteiger partial charge is 0.407 e. The lowest BCUT2D eigenvalue weighted by Gasteiger charge is -2.35. The van der Waals surface area contributed by atoms with Crippen molar-refractivity contribution in [3.8, 4) is 22.3 Å². The second-order valence-electron chi connectivity index (χ2n) is 19.7. The van der Waals surface area contributed by atoms with Crippen LogP contribution in [-0.4, -0.2) is 119 Å². The Hall–Kier alpha value is -6.52. The molecule has 16 heteroatoms. The monoisotopic (exact) mass is 920 g/mol. The summed E-state index contributed by atoms with van der Waals surface area (Å²) < 4.78 is 21.0. The first-order chi connectivity index (χ1) is 33.2. The van der Waals surface area contributed by atoms with Gasteiger partial charge in [0.1, 0.15) is 23.7 Å². The molecule has 2 aromatic heterocycles. The number of likely N-dealkylation sites (tertiary alicyclic amines) is 2. The largest absolute Gasteiger partial charge is 0.453 e. The van der Waals surface area contributed by atoms with Crippen LogP contribution in [-0.2, 0) is 28.5 Å². The Balaban J connectivity index is 0.764. The van der Waals surface area contributed by atoms with E-state index in [1.165, 1.54) is 14.2 Å². The van der Waals surface area contributed by atoms with E-state index in [2.05, 4.69) is 81.3 Å². The fourth-order valence-electron chi connectivity index (χ4n) is 11.9. The average Bonchev–Trinajstić information content (AvgIpc) is 4.04. The number of rotatable bonds is 10. The van der Waals surface area contributed by atoms with Gasteiger partial charge in [0.05, 0.1) is 48.4 Å². The molecule has 4 aliphatic heterocycles. The van der Waals surface area contributed by atoms with E-state index in [1.54, 1.807) is 0 Å². The van der Waals surface area contributed by atoms with Gasteiger partial charge in [-0.15, -0.1) is 0 Å². The van der Waals surface area contributed by atoms with Crippen molar-refractivity contribution in [3.63, 3.8) is 0 Å². The van der Waals surface area contributed by atoms with E-state index in [1.807, 2.05) is 21.9 Å². The Morgan fingerprint density at radius 3 is 1.38 bits per heavy atom.